The number of alkyl carbamates (subject to hydrolysis) is 1. The molecule has 4 unspecified atom stereocenters. The summed E-state index contributed by atoms with van der Waals surface area (Å²) in [6.07, 6.45) is -8.47. The van der Waals surface area contributed by atoms with Crippen LogP contribution in [0.2, 0.25) is 0 Å². The number of carbonyl (C=O) groups excluding carboxylic acids is 1. The monoisotopic (exact) mass is 456 g/mol. The van der Waals surface area contributed by atoms with Crippen molar-refractivity contribution in [2.24, 2.45) is 15.3 Å². The first kappa shape index (κ1) is 25.3. The lowest BCUT2D eigenvalue weighted by Gasteiger charge is -2.43. The zero-order valence-electron chi connectivity index (χ0n) is 17.2. The van der Waals surface area contributed by atoms with Gasteiger partial charge in [0.2, 0.25) is 0 Å². The molecule has 17 nitrogen and oxygen atoms in total. The molecule has 1 aliphatic carbocycles. The summed E-state index contributed by atoms with van der Waals surface area (Å²) in [6, 6.07) is -4.05. The number of azide groups is 3. The van der Waals surface area contributed by atoms with Crippen LogP contribution < -0.4 is 5.32 Å². The van der Waals surface area contributed by atoms with E-state index in [0.29, 0.717) is 0 Å². The highest BCUT2D eigenvalue weighted by Crippen LogP contribution is 2.30. The SMILES string of the molecule is CC1NC(=O)O[C@@H](C)C1O[C@H](O[C@@H]1C(N=[N+]=[N-])C[C@@H](N=[N+]=[N-])[C@@H](O)C1O)[C@@H](CO)N=[N+]=[N-]. The topological polar surface area (TPSA) is 264 Å². The first-order valence-electron chi connectivity index (χ1n) is 9.65. The minimum atomic E-state index is -1.68. The number of carbonyl (C=O) groups is 1. The number of aliphatic hydroxyl groups is 3. The molecule has 2 rings (SSSR count). The molecular formula is C15H24N10O7. The summed E-state index contributed by atoms with van der Waals surface area (Å²) in [7, 11) is 0. The van der Waals surface area contributed by atoms with E-state index in [1.54, 1.807) is 13.8 Å². The number of nitrogens with one attached hydrogen (secondary N) is 1. The number of nitrogens with zero attached hydrogens (tertiary/aromatic N) is 9. The molecule has 17 heteroatoms. The van der Waals surface area contributed by atoms with Crippen molar-refractivity contribution >= 4 is 6.09 Å². The number of hydrogen-bond acceptors (Lipinski definition) is 10. The van der Waals surface area contributed by atoms with Crippen molar-refractivity contribution in [2.75, 3.05) is 6.61 Å². The van der Waals surface area contributed by atoms with Gasteiger partial charge in [0, 0.05) is 14.7 Å². The number of aliphatic hydroxyl groups excluding tert-OH is 3. The average Bonchev–Trinajstić information content (AvgIpc) is 2.74. The molecular weight excluding hydrogens is 432 g/mol. The molecule has 32 heavy (non-hydrogen) atoms. The quantitative estimate of drug-likeness (QED) is 0.167. The van der Waals surface area contributed by atoms with Gasteiger partial charge in [0.25, 0.3) is 0 Å². The zero-order valence-corrected chi connectivity index (χ0v) is 17.2. The number of hydrogen-bond donors (Lipinski definition) is 4. The van der Waals surface area contributed by atoms with Crippen molar-refractivity contribution in [3.63, 3.8) is 0 Å². The number of ether oxygens (including phenoxy) is 3. The lowest BCUT2D eigenvalue weighted by atomic mass is 9.84. The van der Waals surface area contributed by atoms with Gasteiger partial charge in [-0.1, -0.05) is 15.3 Å². The van der Waals surface area contributed by atoms with E-state index >= 15 is 0 Å². The zero-order chi connectivity index (χ0) is 23.8. The molecule has 0 aromatic carbocycles. The van der Waals surface area contributed by atoms with Gasteiger partial charge in [0.15, 0.2) is 6.29 Å². The highest BCUT2D eigenvalue weighted by Gasteiger charge is 2.46. The average molecular weight is 456 g/mol. The molecule has 4 N–H and O–H groups in total. The van der Waals surface area contributed by atoms with E-state index in [-0.39, 0.29) is 6.42 Å². The van der Waals surface area contributed by atoms with Crippen molar-refractivity contribution in [2.45, 2.75) is 81.2 Å². The summed E-state index contributed by atoms with van der Waals surface area (Å²) in [5.74, 6) is 0. The van der Waals surface area contributed by atoms with E-state index in [4.69, 9.17) is 30.8 Å². The van der Waals surface area contributed by atoms with Gasteiger partial charge in [-0.3, -0.25) is 0 Å². The Balaban J connectivity index is 2.34. The lowest BCUT2D eigenvalue weighted by molar-refractivity contribution is -0.257. The van der Waals surface area contributed by atoms with E-state index < -0.39 is 73.7 Å². The van der Waals surface area contributed by atoms with Crippen LogP contribution in [0.1, 0.15) is 20.3 Å². The third-order valence-corrected chi connectivity index (χ3v) is 5.22. The molecule has 0 aromatic rings. The fraction of sp³-hybridized carbons (Fsp3) is 0.933. The molecule has 2 aliphatic rings. The highest BCUT2D eigenvalue weighted by molar-refractivity contribution is 5.68. The maximum Gasteiger partial charge on any atom is 0.407 e. The first-order chi connectivity index (χ1) is 15.3. The second-order valence-electron chi connectivity index (χ2n) is 7.33. The van der Waals surface area contributed by atoms with E-state index in [9.17, 15) is 20.1 Å². The molecule has 1 heterocycles. The van der Waals surface area contributed by atoms with Crippen LogP contribution in [0, 0.1) is 0 Å². The normalized spacial score (nSPS) is 36.2. The molecule has 1 saturated carbocycles. The molecule has 1 amide bonds. The number of rotatable bonds is 9. The Hall–Kier alpha value is -3.00. The number of cyclic esters (lactones) is 1. The second-order valence-corrected chi connectivity index (χ2v) is 7.33. The predicted octanol–water partition coefficient (Wildman–Crippen LogP) is 0.754. The van der Waals surface area contributed by atoms with Gasteiger partial charge in [-0.25, -0.2) is 4.79 Å². The number of amides is 1. The molecule has 0 aromatic heterocycles. The first-order valence-corrected chi connectivity index (χ1v) is 9.65. The van der Waals surface area contributed by atoms with Gasteiger partial charge in [0.1, 0.15) is 24.4 Å². The third kappa shape index (κ3) is 5.82. The summed E-state index contributed by atoms with van der Waals surface area (Å²) in [6.45, 7) is 2.48. The predicted molar refractivity (Wildman–Crippen MR) is 105 cm³/mol. The molecule has 1 saturated heterocycles. The Kier molecular flexibility index (Phi) is 9.13. The fourth-order valence-electron chi connectivity index (χ4n) is 3.64. The van der Waals surface area contributed by atoms with Crippen LogP contribution in [0.25, 0.3) is 31.3 Å². The van der Waals surface area contributed by atoms with Crippen molar-refractivity contribution in [3.8, 4) is 0 Å². The summed E-state index contributed by atoms with van der Waals surface area (Å²) >= 11 is 0. The third-order valence-electron chi connectivity index (χ3n) is 5.22. The van der Waals surface area contributed by atoms with Gasteiger partial charge >= 0.3 is 6.09 Å². The Labute approximate surface area is 181 Å². The van der Waals surface area contributed by atoms with Crippen LogP contribution in [-0.4, -0.2) is 89.0 Å². The largest absolute Gasteiger partial charge is 0.444 e. The van der Waals surface area contributed by atoms with Crippen molar-refractivity contribution in [1.29, 1.82) is 0 Å². The van der Waals surface area contributed by atoms with Crippen LogP contribution in [0.15, 0.2) is 15.3 Å². The lowest BCUT2D eigenvalue weighted by Crippen LogP contribution is -2.60. The van der Waals surface area contributed by atoms with Crippen molar-refractivity contribution in [1.82, 2.24) is 5.32 Å². The smallest absolute Gasteiger partial charge is 0.407 e. The summed E-state index contributed by atoms with van der Waals surface area (Å²) in [5, 5.41) is 43.5. The Bertz CT molecular complexity index is 798. The Morgan fingerprint density at radius 2 is 1.72 bits per heavy atom. The van der Waals surface area contributed by atoms with Crippen LogP contribution >= 0.6 is 0 Å². The second kappa shape index (κ2) is 11.6. The van der Waals surface area contributed by atoms with Crippen LogP contribution in [0.3, 0.4) is 0 Å². The standard InChI is InChI=1S/C15H24N10O7/c1-5-12(6(2)30-15(29)19-5)31-14(9(4-26)22-25-18)32-13-8(21-24-17)3-7(20-23-16)10(27)11(13)28/h5-14,26-28H,3-4H2,1-2H3,(H,19,29)/t5?,6-,7+,8?,9+,10+,11?,12?,13+,14+/m0/s1. The molecule has 0 bridgehead atoms. The molecule has 0 radical (unpaired) electrons. The maximum absolute atomic E-state index is 11.5. The van der Waals surface area contributed by atoms with Gasteiger partial charge in [-0.2, -0.15) is 0 Å². The van der Waals surface area contributed by atoms with Crippen LogP contribution in [-0.2, 0) is 14.2 Å². The maximum atomic E-state index is 11.5. The minimum absolute atomic E-state index is 0.148. The molecule has 176 valence electrons. The van der Waals surface area contributed by atoms with E-state index in [2.05, 4.69) is 35.4 Å². The Morgan fingerprint density at radius 1 is 1.09 bits per heavy atom. The van der Waals surface area contributed by atoms with Gasteiger partial charge in [-0.05, 0) is 36.9 Å². The van der Waals surface area contributed by atoms with Crippen molar-refractivity contribution < 1.29 is 34.3 Å². The summed E-state index contributed by atoms with van der Waals surface area (Å²) < 4.78 is 16.7. The van der Waals surface area contributed by atoms with Crippen molar-refractivity contribution in [3.05, 3.63) is 31.3 Å². The fourth-order valence-corrected chi connectivity index (χ4v) is 3.64. The molecule has 0 spiro atoms. The highest BCUT2D eigenvalue weighted by atomic mass is 16.7. The summed E-state index contributed by atoms with van der Waals surface area (Å²) in [5.41, 5.74) is 26.4. The minimum Gasteiger partial charge on any atom is -0.444 e. The van der Waals surface area contributed by atoms with E-state index in [1.165, 1.54) is 0 Å². The Morgan fingerprint density at radius 3 is 2.28 bits per heavy atom. The van der Waals surface area contributed by atoms with Crippen LogP contribution in [0.5, 0.6) is 0 Å². The van der Waals surface area contributed by atoms with E-state index in [0.717, 1.165) is 0 Å². The van der Waals surface area contributed by atoms with Gasteiger partial charge < -0.3 is 34.8 Å². The van der Waals surface area contributed by atoms with Crippen LogP contribution in [0.4, 0.5) is 4.79 Å². The van der Waals surface area contributed by atoms with Gasteiger partial charge in [-0.15, -0.1) is 0 Å². The van der Waals surface area contributed by atoms with E-state index in [1.807, 2.05) is 0 Å². The molecule has 10 atom stereocenters. The van der Waals surface area contributed by atoms with Gasteiger partial charge in [0.05, 0.1) is 36.9 Å². The molecule has 1 aliphatic heterocycles. The molecule has 2 fully saturated rings. The summed E-state index contributed by atoms with van der Waals surface area (Å²) in [4.78, 5) is 19.5.